The molecule has 0 aliphatic carbocycles. The van der Waals surface area contributed by atoms with Crippen molar-refractivity contribution in [2.75, 3.05) is 25.9 Å². The van der Waals surface area contributed by atoms with Gasteiger partial charge in [-0.25, -0.2) is 0 Å². The fourth-order valence-corrected chi connectivity index (χ4v) is 3.90. The lowest BCUT2D eigenvalue weighted by molar-refractivity contribution is 0.195. The molecule has 0 radical (unpaired) electrons. The largest absolute Gasteiger partial charge is 0.329 e. The molecule has 0 saturated carbocycles. The fraction of sp³-hybridized carbons (Fsp3) is 0.471. The summed E-state index contributed by atoms with van der Waals surface area (Å²) in [6.07, 6.45) is 6.44. The van der Waals surface area contributed by atoms with Crippen LogP contribution in [0.3, 0.4) is 0 Å². The van der Waals surface area contributed by atoms with Gasteiger partial charge in [-0.15, -0.1) is 0 Å². The van der Waals surface area contributed by atoms with E-state index in [-0.39, 0.29) is 0 Å². The number of thioether (sulfide) groups is 1. The third-order valence-corrected chi connectivity index (χ3v) is 6.12. The Balaban J connectivity index is 1.73. The lowest BCUT2D eigenvalue weighted by atomic mass is 9.95. The lowest BCUT2D eigenvalue weighted by Gasteiger charge is -2.40. The minimum atomic E-state index is 0.299. The van der Waals surface area contributed by atoms with E-state index in [1.54, 1.807) is 0 Å². The molecule has 4 heteroatoms. The minimum Gasteiger partial charge on any atom is -0.329 e. The topological polar surface area (TPSA) is 42.1 Å². The van der Waals surface area contributed by atoms with E-state index in [9.17, 15) is 0 Å². The Morgan fingerprint density at radius 2 is 2.00 bits per heavy atom. The van der Waals surface area contributed by atoms with Crippen LogP contribution in [0.5, 0.6) is 0 Å². The summed E-state index contributed by atoms with van der Waals surface area (Å²) in [7, 11) is 0. The zero-order valence-corrected chi connectivity index (χ0v) is 13.4. The second kappa shape index (κ2) is 6.34. The maximum absolute atomic E-state index is 5.97. The molecular weight excluding hydrogens is 278 g/mol. The standard InChI is InChI=1S/C17H23N3S/c1-21-17(13-18)7-10-20(11-8-17)12-15-5-2-4-14-6-3-9-19-16(14)15/h2-6,9H,7-8,10-13,18H2,1H3. The van der Waals surface area contributed by atoms with E-state index in [1.807, 2.05) is 24.0 Å². The molecule has 1 aliphatic heterocycles. The minimum absolute atomic E-state index is 0.299. The summed E-state index contributed by atoms with van der Waals surface area (Å²) < 4.78 is 0.299. The number of benzene rings is 1. The van der Waals surface area contributed by atoms with Crippen LogP contribution in [0.2, 0.25) is 0 Å². The average molecular weight is 301 g/mol. The van der Waals surface area contributed by atoms with E-state index in [2.05, 4.69) is 40.4 Å². The van der Waals surface area contributed by atoms with Crippen molar-refractivity contribution in [3.8, 4) is 0 Å². The van der Waals surface area contributed by atoms with Gasteiger partial charge in [0, 0.05) is 29.4 Å². The molecule has 3 rings (SSSR count). The highest BCUT2D eigenvalue weighted by atomic mass is 32.2. The van der Waals surface area contributed by atoms with E-state index in [0.29, 0.717) is 4.75 Å². The maximum atomic E-state index is 5.97. The first-order chi connectivity index (χ1) is 10.3. The molecule has 3 nitrogen and oxygen atoms in total. The van der Waals surface area contributed by atoms with Crippen molar-refractivity contribution in [1.82, 2.24) is 9.88 Å². The molecule has 0 amide bonds. The van der Waals surface area contributed by atoms with Crippen LogP contribution < -0.4 is 5.73 Å². The summed E-state index contributed by atoms with van der Waals surface area (Å²) in [5.41, 5.74) is 8.44. The molecule has 1 fully saturated rings. The van der Waals surface area contributed by atoms with Gasteiger partial charge in [0.1, 0.15) is 0 Å². The summed E-state index contributed by atoms with van der Waals surface area (Å²) >= 11 is 1.94. The molecule has 112 valence electrons. The summed E-state index contributed by atoms with van der Waals surface area (Å²) in [5.74, 6) is 0. The van der Waals surface area contributed by atoms with Gasteiger partial charge < -0.3 is 5.73 Å². The van der Waals surface area contributed by atoms with Crippen LogP contribution in [0.1, 0.15) is 18.4 Å². The Morgan fingerprint density at radius 1 is 1.24 bits per heavy atom. The number of rotatable bonds is 4. The highest BCUT2D eigenvalue weighted by Gasteiger charge is 2.32. The average Bonchev–Trinajstić information content (AvgIpc) is 2.56. The number of fused-ring (bicyclic) bond motifs is 1. The number of hydrogen-bond acceptors (Lipinski definition) is 4. The normalized spacial score (nSPS) is 19.0. The molecule has 1 saturated heterocycles. The molecule has 0 spiro atoms. The number of nitrogens with zero attached hydrogens (tertiary/aromatic N) is 2. The monoisotopic (exact) mass is 301 g/mol. The van der Waals surface area contributed by atoms with Crippen LogP contribution in [-0.4, -0.2) is 40.5 Å². The van der Waals surface area contributed by atoms with E-state index in [0.717, 1.165) is 31.7 Å². The van der Waals surface area contributed by atoms with Crippen molar-refractivity contribution in [1.29, 1.82) is 0 Å². The van der Waals surface area contributed by atoms with E-state index < -0.39 is 0 Å². The Hall–Kier alpha value is -1.10. The Morgan fingerprint density at radius 3 is 2.71 bits per heavy atom. The highest BCUT2D eigenvalue weighted by molar-refractivity contribution is 8.00. The Labute approximate surface area is 130 Å². The second-order valence-corrected chi connectivity index (χ2v) is 7.13. The van der Waals surface area contributed by atoms with Crippen molar-refractivity contribution in [2.45, 2.75) is 24.1 Å². The summed E-state index contributed by atoms with van der Waals surface area (Å²) in [6.45, 7) is 4.03. The van der Waals surface area contributed by atoms with Gasteiger partial charge in [0.25, 0.3) is 0 Å². The van der Waals surface area contributed by atoms with E-state index >= 15 is 0 Å². The number of pyridine rings is 1. The Kier molecular flexibility index (Phi) is 4.48. The highest BCUT2D eigenvalue weighted by Crippen LogP contribution is 2.34. The van der Waals surface area contributed by atoms with Crippen molar-refractivity contribution in [2.24, 2.45) is 5.73 Å². The van der Waals surface area contributed by atoms with E-state index in [1.165, 1.54) is 23.8 Å². The van der Waals surface area contributed by atoms with Crippen LogP contribution in [0.15, 0.2) is 36.5 Å². The first-order valence-corrected chi connectivity index (χ1v) is 8.79. The number of piperidine rings is 1. The van der Waals surface area contributed by atoms with Crippen LogP contribution in [0.25, 0.3) is 10.9 Å². The number of aromatic nitrogens is 1. The summed E-state index contributed by atoms with van der Waals surface area (Å²) in [5, 5.41) is 1.23. The molecule has 1 aromatic carbocycles. The van der Waals surface area contributed by atoms with Crippen molar-refractivity contribution >= 4 is 22.7 Å². The molecule has 1 aromatic heterocycles. The number of hydrogen-bond donors (Lipinski definition) is 1. The van der Waals surface area contributed by atoms with Crippen molar-refractivity contribution in [3.63, 3.8) is 0 Å². The van der Waals surface area contributed by atoms with Crippen molar-refractivity contribution < 1.29 is 0 Å². The first kappa shape index (κ1) is 14.8. The molecule has 2 N–H and O–H groups in total. The molecular formula is C17H23N3S. The van der Waals surface area contributed by atoms with E-state index in [4.69, 9.17) is 5.73 Å². The van der Waals surface area contributed by atoms with Crippen LogP contribution >= 0.6 is 11.8 Å². The second-order valence-electron chi connectivity index (χ2n) is 5.86. The third kappa shape index (κ3) is 3.07. The van der Waals surface area contributed by atoms with Gasteiger partial charge in [-0.05, 0) is 43.8 Å². The number of likely N-dealkylation sites (tertiary alicyclic amines) is 1. The zero-order chi connectivity index (χ0) is 14.7. The van der Waals surface area contributed by atoms with Gasteiger partial charge in [-0.3, -0.25) is 9.88 Å². The van der Waals surface area contributed by atoms with Gasteiger partial charge in [-0.2, -0.15) is 11.8 Å². The predicted molar refractivity (Wildman–Crippen MR) is 91.6 cm³/mol. The predicted octanol–water partition coefficient (Wildman–Crippen LogP) is 2.89. The molecule has 1 aliphatic rings. The maximum Gasteiger partial charge on any atom is 0.0746 e. The number of nitrogens with two attached hydrogens (primary N) is 1. The van der Waals surface area contributed by atoms with Gasteiger partial charge in [-0.1, -0.05) is 24.3 Å². The summed E-state index contributed by atoms with van der Waals surface area (Å²) in [4.78, 5) is 7.09. The van der Waals surface area contributed by atoms with Crippen LogP contribution in [0, 0.1) is 0 Å². The third-order valence-electron chi connectivity index (χ3n) is 4.68. The summed E-state index contributed by atoms with van der Waals surface area (Å²) in [6, 6.07) is 10.6. The smallest absolute Gasteiger partial charge is 0.0746 e. The molecule has 0 atom stereocenters. The van der Waals surface area contributed by atoms with Crippen LogP contribution in [0.4, 0.5) is 0 Å². The molecule has 0 bridgehead atoms. The molecule has 2 heterocycles. The van der Waals surface area contributed by atoms with Gasteiger partial charge in [0.2, 0.25) is 0 Å². The SMILES string of the molecule is CSC1(CN)CCN(Cc2cccc3cccnc23)CC1. The zero-order valence-electron chi connectivity index (χ0n) is 12.6. The quantitative estimate of drug-likeness (QED) is 0.943. The Bertz CT molecular complexity index is 595. The van der Waals surface area contributed by atoms with Gasteiger partial charge >= 0.3 is 0 Å². The van der Waals surface area contributed by atoms with Crippen LogP contribution in [-0.2, 0) is 6.54 Å². The van der Waals surface area contributed by atoms with Gasteiger partial charge in [0.15, 0.2) is 0 Å². The molecule has 0 unspecified atom stereocenters. The van der Waals surface area contributed by atoms with Gasteiger partial charge in [0.05, 0.1) is 5.52 Å². The fourth-order valence-electron chi connectivity index (χ4n) is 3.15. The molecule has 21 heavy (non-hydrogen) atoms. The lowest BCUT2D eigenvalue weighted by Crippen LogP contribution is -2.46. The molecule has 2 aromatic rings. The first-order valence-electron chi connectivity index (χ1n) is 7.56. The number of para-hydroxylation sites is 1. The van der Waals surface area contributed by atoms with Crippen molar-refractivity contribution in [3.05, 3.63) is 42.1 Å².